The standard InChI is InChI=1S/C20H11F5/c21-19(22,20(23,24)25)18-13-16-9-5-4-8-15(16)12-17(18)11-10-14-6-2-1-3-7-14/h1-9,12-13H. The predicted octanol–water partition coefficient (Wildman–Crippen LogP) is 5.89. The van der Waals surface area contributed by atoms with Crippen LogP contribution in [0.5, 0.6) is 0 Å². The van der Waals surface area contributed by atoms with Crippen molar-refractivity contribution < 1.29 is 22.0 Å². The van der Waals surface area contributed by atoms with Crippen molar-refractivity contribution in [2.75, 3.05) is 0 Å². The van der Waals surface area contributed by atoms with Crippen molar-refractivity contribution in [3.05, 3.63) is 83.4 Å². The number of hydrogen-bond acceptors (Lipinski definition) is 0. The number of benzene rings is 3. The van der Waals surface area contributed by atoms with Gasteiger partial charge in [0, 0.05) is 16.7 Å². The van der Waals surface area contributed by atoms with Gasteiger partial charge >= 0.3 is 12.1 Å². The molecule has 0 spiro atoms. The average molecular weight is 346 g/mol. The van der Waals surface area contributed by atoms with Gasteiger partial charge in [0.25, 0.3) is 0 Å². The van der Waals surface area contributed by atoms with Crippen LogP contribution in [0.1, 0.15) is 16.7 Å². The molecule has 0 amide bonds. The molecular formula is C20H11F5. The summed E-state index contributed by atoms with van der Waals surface area (Å²) in [4.78, 5) is 0. The largest absolute Gasteiger partial charge is 0.458 e. The Morgan fingerprint density at radius 2 is 1.20 bits per heavy atom. The van der Waals surface area contributed by atoms with E-state index in [1.54, 1.807) is 48.5 Å². The Labute approximate surface area is 140 Å². The van der Waals surface area contributed by atoms with E-state index in [1.165, 1.54) is 12.1 Å². The molecule has 0 bridgehead atoms. The molecule has 3 aromatic carbocycles. The Balaban J connectivity index is 2.22. The van der Waals surface area contributed by atoms with Gasteiger partial charge in [0.15, 0.2) is 0 Å². The van der Waals surface area contributed by atoms with E-state index >= 15 is 0 Å². The molecular weight excluding hydrogens is 335 g/mol. The maximum absolute atomic E-state index is 14.0. The van der Waals surface area contributed by atoms with E-state index in [1.807, 2.05) is 0 Å². The summed E-state index contributed by atoms with van der Waals surface area (Å²) in [6.45, 7) is 0. The van der Waals surface area contributed by atoms with Gasteiger partial charge in [0.05, 0.1) is 0 Å². The molecule has 0 heterocycles. The summed E-state index contributed by atoms with van der Waals surface area (Å²) >= 11 is 0. The second kappa shape index (κ2) is 6.21. The fourth-order valence-corrected chi connectivity index (χ4v) is 2.42. The van der Waals surface area contributed by atoms with Gasteiger partial charge in [0.1, 0.15) is 0 Å². The van der Waals surface area contributed by atoms with Crippen LogP contribution in [0.4, 0.5) is 22.0 Å². The summed E-state index contributed by atoms with van der Waals surface area (Å²) in [5.41, 5.74) is -0.955. The molecule has 0 saturated carbocycles. The Bertz CT molecular complexity index is 960. The van der Waals surface area contributed by atoms with Crippen molar-refractivity contribution >= 4 is 10.8 Å². The summed E-state index contributed by atoms with van der Waals surface area (Å²) in [5, 5.41) is 0.841. The van der Waals surface area contributed by atoms with Crippen LogP contribution in [0, 0.1) is 11.8 Å². The van der Waals surface area contributed by atoms with Gasteiger partial charge in [-0.25, -0.2) is 0 Å². The summed E-state index contributed by atoms with van der Waals surface area (Å²) in [5.74, 6) is 0.120. The first kappa shape index (κ1) is 17.0. The van der Waals surface area contributed by atoms with Crippen molar-refractivity contribution in [2.24, 2.45) is 0 Å². The molecule has 0 aromatic heterocycles. The molecule has 126 valence electrons. The fraction of sp³-hybridized carbons (Fsp3) is 0.100. The maximum atomic E-state index is 14.0. The zero-order chi connectivity index (χ0) is 18.1. The summed E-state index contributed by atoms with van der Waals surface area (Å²) < 4.78 is 66.6. The number of fused-ring (bicyclic) bond motifs is 1. The van der Waals surface area contributed by atoms with Crippen LogP contribution in [0.3, 0.4) is 0 Å². The van der Waals surface area contributed by atoms with Gasteiger partial charge in [0.2, 0.25) is 0 Å². The van der Waals surface area contributed by atoms with Crippen LogP contribution < -0.4 is 0 Å². The van der Waals surface area contributed by atoms with Gasteiger partial charge < -0.3 is 0 Å². The quantitative estimate of drug-likeness (QED) is 0.380. The molecule has 5 heteroatoms. The van der Waals surface area contributed by atoms with Crippen molar-refractivity contribution in [1.82, 2.24) is 0 Å². The van der Waals surface area contributed by atoms with E-state index < -0.39 is 17.7 Å². The van der Waals surface area contributed by atoms with Crippen LogP contribution >= 0.6 is 0 Å². The SMILES string of the molecule is FC(F)(F)C(F)(F)c1cc2ccccc2cc1C#Cc1ccccc1. The highest BCUT2D eigenvalue weighted by Gasteiger charge is 2.59. The summed E-state index contributed by atoms with van der Waals surface area (Å²) in [7, 11) is 0. The lowest BCUT2D eigenvalue weighted by molar-refractivity contribution is -0.289. The van der Waals surface area contributed by atoms with Crippen molar-refractivity contribution in [3.8, 4) is 11.8 Å². The van der Waals surface area contributed by atoms with E-state index in [-0.39, 0.29) is 5.56 Å². The second-order valence-corrected chi connectivity index (χ2v) is 5.43. The Morgan fingerprint density at radius 1 is 0.640 bits per heavy atom. The molecule has 0 aliphatic heterocycles. The first-order valence-corrected chi connectivity index (χ1v) is 7.34. The monoisotopic (exact) mass is 346 g/mol. The van der Waals surface area contributed by atoms with E-state index in [0.717, 1.165) is 6.07 Å². The Morgan fingerprint density at radius 3 is 1.80 bits per heavy atom. The predicted molar refractivity (Wildman–Crippen MR) is 86.3 cm³/mol. The third-order valence-corrected chi connectivity index (χ3v) is 3.70. The normalized spacial score (nSPS) is 11.9. The molecule has 0 saturated heterocycles. The molecule has 0 aliphatic rings. The highest BCUT2D eigenvalue weighted by Crippen LogP contribution is 2.45. The first-order chi connectivity index (χ1) is 11.8. The molecule has 0 atom stereocenters. The number of hydrogen-bond donors (Lipinski definition) is 0. The minimum absolute atomic E-state index is 0.298. The van der Waals surface area contributed by atoms with E-state index in [2.05, 4.69) is 11.8 Å². The highest BCUT2D eigenvalue weighted by molar-refractivity contribution is 5.85. The minimum Gasteiger partial charge on any atom is -0.191 e. The van der Waals surface area contributed by atoms with Crippen LogP contribution in [0.2, 0.25) is 0 Å². The molecule has 0 fully saturated rings. The van der Waals surface area contributed by atoms with E-state index in [0.29, 0.717) is 16.3 Å². The second-order valence-electron chi connectivity index (χ2n) is 5.43. The lowest BCUT2D eigenvalue weighted by Crippen LogP contribution is -2.34. The third-order valence-electron chi connectivity index (χ3n) is 3.70. The fourth-order valence-electron chi connectivity index (χ4n) is 2.42. The third kappa shape index (κ3) is 3.34. The molecule has 3 aromatic rings. The number of alkyl halides is 5. The van der Waals surface area contributed by atoms with Crippen molar-refractivity contribution in [2.45, 2.75) is 12.1 Å². The smallest absolute Gasteiger partial charge is 0.191 e. The van der Waals surface area contributed by atoms with E-state index in [9.17, 15) is 22.0 Å². The molecule has 3 rings (SSSR count). The van der Waals surface area contributed by atoms with Gasteiger partial charge in [-0.2, -0.15) is 22.0 Å². The molecule has 0 aliphatic carbocycles. The zero-order valence-corrected chi connectivity index (χ0v) is 12.7. The average Bonchev–Trinajstić information content (AvgIpc) is 2.59. The zero-order valence-electron chi connectivity index (χ0n) is 12.7. The Kier molecular flexibility index (Phi) is 4.22. The summed E-state index contributed by atoms with van der Waals surface area (Å²) in [6.07, 6.45) is -5.70. The minimum atomic E-state index is -5.70. The van der Waals surface area contributed by atoms with E-state index in [4.69, 9.17) is 0 Å². The highest BCUT2D eigenvalue weighted by atomic mass is 19.4. The molecule has 25 heavy (non-hydrogen) atoms. The van der Waals surface area contributed by atoms with Crippen LogP contribution in [0.25, 0.3) is 10.8 Å². The number of halogens is 5. The lowest BCUT2D eigenvalue weighted by Gasteiger charge is -2.21. The molecule has 0 nitrogen and oxygen atoms in total. The topological polar surface area (TPSA) is 0 Å². The number of rotatable bonds is 1. The lowest BCUT2D eigenvalue weighted by atomic mass is 9.96. The van der Waals surface area contributed by atoms with Crippen molar-refractivity contribution in [1.29, 1.82) is 0 Å². The molecule has 0 radical (unpaired) electrons. The van der Waals surface area contributed by atoms with Crippen molar-refractivity contribution in [3.63, 3.8) is 0 Å². The molecule has 0 unspecified atom stereocenters. The first-order valence-electron chi connectivity index (χ1n) is 7.34. The van der Waals surface area contributed by atoms with Gasteiger partial charge in [-0.05, 0) is 35.0 Å². The maximum Gasteiger partial charge on any atom is 0.458 e. The van der Waals surface area contributed by atoms with Gasteiger partial charge in [-0.1, -0.05) is 54.3 Å². The van der Waals surface area contributed by atoms with Crippen LogP contribution in [0.15, 0.2) is 66.7 Å². The van der Waals surface area contributed by atoms with Crippen LogP contribution in [-0.4, -0.2) is 6.18 Å². The van der Waals surface area contributed by atoms with Crippen LogP contribution in [-0.2, 0) is 5.92 Å². The van der Waals surface area contributed by atoms with Gasteiger partial charge in [-0.15, -0.1) is 0 Å². The molecule has 0 N–H and O–H groups in total. The summed E-state index contributed by atoms with van der Waals surface area (Å²) in [6, 6.07) is 17.0. The van der Waals surface area contributed by atoms with Gasteiger partial charge in [-0.3, -0.25) is 0 Å². The Hall–Kier alpha value is -2.87.